The molecule has 3 aromatic carbocycles. The van der Waals surface area contributed by atoms with Crippen LogP contribution in [0.5, 0.6) is 0 Å². The fraction of sp³-hybridized carbons (Fsp3) is 0.238. The van der Waals surface area contributed by atoms with Gasteiger partial charge in [0.2, 0.25) is 0 Å². The Kier molecular flexibility index (Phi) is 9.71. The molecular weight excluding hydrogens is 681 g/mol. The molecule has 12 nitrogen and oxygen atoms in total. The summed E-state index contributed by atoms with van der Waals surface area (Å²) in [5.74, 6) is 1.30. The number of hydrogen-bond acceptors (Lipinski definition) is 7. The van der Waals surface area contributed by atoms with Crippen LogP contribution in [0, 0.1) is 0 Å². The maximum Gasteiger partial charge on any atom is 0.407 e. The van der Waals surface area contributed by atoms with Gasteiger partial charge in [0.25, 0.3) is 11.8 Å². The number of nitrogens with one attached hydrogen (secondary N) is 3. The molecule has 2 fully saturated rings. The largest absolute Gasteiger partial charge is 0.453 e. The van der Waals surface area contributed by atoms with Gasteiger partial charge in [0.1, 0.15) is 17.7 Å². The number of aromatic nitrogens is 5. The van der Waals surface area contributed by atoms with Crippen molar-refractivity contribution < 1.29 is 19.1 Å². The Morgan fingerprint density at radius 2 is 1.22 bits per heavy atom. The first-order valence-electron chi connectivity index (χ1n) is 18.2. The molecule has 3 atom stereocenters. The summed E-state index contributed by atoms with van der Waals surface area (Å²) < 4.78 is 4.82. The molecule has 0 spiro atoms. The van der Waals surface area contributed by atoms with Gasteiger partial charge in [-0.05, 0) is 65.6 Å². The number of H-pyrrole nitrogens is 2. The van der Waals surface area contributed by atoms with Crippen LogP contribution in [-0.2, 0) is 9.53 Å². The van der Waals surface area contributed by atoms with Crippen LogP contribution in [-0.4, -0.2) is 72.8 Å². The van der Waals surface area contributed by atoms with E-state index in [0.29, 0.717) is 30.0 Å². The third-order valence-electron chi connectivity index (χ3n) is 10.4. The van der Waals surface area contributed by atoms with E-state index < -0.39 is 12.1 Å². The van der Waals surface area contributed by atoms with Crippen LogP contribution < -0.4 is 5.32 Å². The quantitative estimate of drug-likeness (QED) is 0.142. The Morgan fingerprint density at radius 3 is 1.78 bits per heavy atom. The van der Waals surface area contributed by atoms with E-state index in [4.69, 9.17) is 9.72 Å². The summed E-state index contributed by atoms with van der Waals surface area (Å²) in [6.45, 7) is 1.26. The monoisotopic (exact) mass is 720 g/mol. The molecule has 0 aliphatic carbocycles. The minimum absolute atomic E-state index is 0.00259. The van der Waals surface area contributed by atoms with Crippen molar-refractivity contribution in [2.24, 2.45) is 0 Å². The van der Waals surface area contributed by atoms with Gasteiger partial charge in [-0.1, -0.05) is 78.9 Å². The third-order valence-corrected chi connectivity index (χ3v) is 10.4. The Balaban J connectivity index is 0.933. The van der Waals surface area contributed by atoms with Crippen LogP contribution in [0.3, 0.4) is 0 Å². The number of likely N-dealkylation sites (tertiary alicyclic amines) is 2. The van der Waals surface area contributed by atoms with Gasteiger partial charge in [0.15, 0.2) is 0 Å². The highest BCUT2D eigenvalue weighted by molar-refractivity contribution is 5.94. The van der Waals surface area contributed by atoms with Crippen molar-refractivity contribution in [2.45, 2.75) is 43.8 Å². The van der Waals surface area contributed by atoms with Crippen LogP contribution >= 0.6 is 0 Å². The van der Waals surface area contributed by atoms with E-state index in [1.807, 2.05) is 41.4 Å². The summed E-state index contributed by atoms with van der Waals surface area (Å²) in [4.78, 5) is 63.3. The first kappa shape index (κ1) is 34.5. The van der Waals surface area contributed by atoms with E-state index in [-0.39, 0.29) is 23.9 Å². The number of carbonyl (C=O) groups excluding carboxylic acids is 3. The second-order valence-electron chi connectivity index (χ2n) is 13.6. The molecule has 54 heavy (non-hydrogen) atoms. The molecule has 12 heteroatoms. The molecule has 2 saturated heterocycles. The Morgan fingerprint density at radius 1 is 0.704 bits per heavy atom. The zero-order chi connectivity index (χ0) is 37.0. The third kappa shape index (κ3) is 6.97. The molecule has 272 valence electrons. The molecule has 2 aliphatic heterocycles. The van der Waals surface area contributed by atoms with Crippen molar-refractivity contribution in [1.82, 2.24) is 40.0 Å². The summed E-state index contributed by atoms with van der Waals surface area (Å²) in [6.07, 6.45) is 9.65. The number of pyridine rings is 1. The van der Waals surface area contributed by atoms with Gasteiger partial charge in [-0.25, -0.2) is 14.8 Å². The molecule has 5 heterocycles. The maximum atomic E-state index is 13.9. The highest BCUT2D eigenvalue weighted by Crippen LogP contribution is 2.36. The lowest BCUT2D eigenvalue weighted by Crippen LogP contribution is -2.42. The van der Waals surface area contributed by atoms with E-state index in [9.17, 15) is 14.4 Å². The minimum atomic E-state index is -0.870. The Bertz CT molecular complexity index is 2240. The highest BCUT2D eigenvalue weighted by Gasteiger charge is 2.37. The van der Waals surface area contributed by atoms with E-state index in [1.54, 1.807) is 35.6 Å². The number of methoxy groups -OCH3 is 1. The summed E-state index contributed by atoms with van der Waals surface area (Å²) in [5.41, 5.74) is 7.23. The topological polar surface area (TPSA) is 149 Å². The van der Waals surface area contributed by atoms with Gasteiger partial charge < -0.3 is 29.8 Å². The van der Waals surface area contributed by atoms with Gasteiger partial charge in [0, 0.05) is 31.0 Å². The van der Waals surface area contributed by atoms with Gasteiger partial charge in [-0.2, -0.15) is 0 Å². The van der Waals surface area contributed by atoms with E-state index in [2.05, 4.69) is 73.8 Å². The number of alkyl carbamates (subject to hydrolysis) is 1. The fourth-order valence-corrected chi connectivity index (χ4v) is 7.53. The number of carbonyl (C=O) groups is 3. The average Bonchev–Trinajstić information content (AvgIpc) is 4.07. The summed E-state index contributed by atoms with van der Waals surface area (Å²) in [5, 5.41) is 2.71. The first-order chi connectivity index (χ1) is 26.5. The molecule has 3 aromatic heterocycles. The number of hydrogen-bond donors (Lipinski definition) is 3. The summed E-state index contributed by atoms with van der Waals surface area (Å²) >= 11 is 0. The Labute approximate surface area is 312 Å². The molecule has 0 bridgehead atoms. The van der Waals surface area contributed by atoms with E-state index >= 15 is 0 Å². The highest BCUT2D eigenvalue weighted by atomic mass is 16.5. The number of benzene rings is 3. The summed E-state index contributed by atoms with van der Waals surface area (Å²) in [7, 11) is 1.28. The van der Waals surface area contributed by atoms with E-state index in [1.165, 1.54) is 7.11 Å². The van der Waals surface area contributed by atoms with Crippen molar-refractivity contribution in [3.8, 4) is 33.6 Å². The van der Waals surface area contributed by atoms with Crippen molar-refractivity contribution in [3.05, 3.63) is 139 Å². The van der Waals surface area contributed by atoms with Crippen LogP contribution in [0.1, 0.15) is 71.4 Å². The predicted molar refractivity (Wildman–Crippen MR) is 203 cm³/mol. The number of rotatable bonds is 9. The molecule has 8 rings (SSSR count). The van der Waals surface area contributed by atoms with Crippen molar-refractivity contribution in [1.29, 1.82) is 0 Å². The number of aromatic amines is 2. The smallest absolute Gasteiger partial charge is 0.407 e. The molecule has 0 radical (unpaired) electrons. The summed E-state index contributed by atoms with van der Waals surface area (Å²) in [6, 6.07) is 28.1. The molecular formula is C42H40N8O4. The molecule has 0 saturated carbocycles. The minimum Gasteiger partial charge on any atom is -0.453 e. The standard InChI is InChI=1S/C42H40N8O4/c1-54-42(53)48-37(31-7-3-2-4-8-31)41(52)50-24-6-10-36(50)39-45-26-34(47-39)30-17-13-28(14-18-30)27-11-15-29(16-12-27)33-25-44-38(46-33)35-9-5-23-49(35)40(51)32-19-21-43-22-20-32/h2-4,7-8,11-22,25-26,35-37H,5-6,9-10,23-24H2,1H3,(H,44,46)(H,45,47)(H,48,53)/t35-,36-,37+/m0/s1. The maximum absolute atomic E-state index is 13.9. The van der Waals surface area contributed by atoms with Crippen LogP contribution in [0.15, 0.2) is 116 Å². The van der Waals surface area contributed by atoms with Crippen molar-refractivity contribution in [2.75, 3.05) is 20.2 Å². The van der Waals surface area contributed by atoms with Gasteiger partial charge >= 0.3 is 6.09 Å². The van der Waals surface area contributed by atoms with Crippen LogP contribution in [0.25, 0.3) is 33.6 Å². The van der Waals surface area contributed by atoms with Crippen LogP contribution in [0.4, 0.5) is 4.79 Å². The molecule has 2 aliphatic rings. The molecule has 3 amide bonds. The average molecular weight is 721 g/mol. The van der Waals surface area contributed by atoms with Crippen molar-refractivity contribution >= 4 is 17.9 Å². The second-order valence-corrected chi connectivity index (χ2v) is 13.6. The lowest BCUT2D eigenvalue weighted by molar-refractivity contribution is -0.134. The lowest BCUT2D eigenvalue weighted by Gasteiger charge is -2.28. The Hall–Kier alpha value is -6.56. The van der Waals surface area contributed by atoms with Gasteiger partial charge in [-0.3, -0.25) is 14.6 Å². The second kappa shape index (κ2) is 15.2. The number of nitrogens with zero attached hydrogens (tertiary/aromatic N) is 5. The fourth-order valence-electron chi connectivity index (χ4n) is 7.53. The predicted octanol–water partition coefficient (Wildman–Crippen LogP) is 7.27. The SMILES string of the molecule is COC(=O)N[C@@H](C(=O)N1CCC[C@H]1c1ncc(-c2ccc(-c3ccc(-c4cnc([C@@H]5CCCN5C(=O)c5ccncc5)[nH]4)cc3)cc2)[nH]1)c1ccccc1. The number of amides is 3. The van der Waals surface area contributed by atoms with E-state index in [0.717, 1.165) is 65.1 Å². The molecule has 0 unspecified atom stereocenters. The first-order valence-corrected chi connectivity index (χ1v) is 18.2. The normalized spacial score (nSPS) is 17.4. The molecule has 6 aromatic rings. The zero-order valence-corrected chi connectivity index (χ0v) is 29.8. The van der Waals surface area contributed by atoms with Crippen molar-refractivity contribution in [3.63, 3.8) is 0 Å². The molecule has 3 N–H and O–H groups in total. The lowest BCUT2D eigenvalue weighted by atomic mass is 10.0. The van der Waals surface area contributed by atoms with Gasteiger partial charge in [-0.15, -0.1) is 0 Å². The number of ether oxygens (including phenoxy) is 1. The van der Waals surface area contributed by atoms with Crippen LogP contribution in [0.2, 0.25) is 0 Å². The van der Waals surface area contributed by atoms with Gasteiger partial charge in [0.05, 0.1) is 43.0 Å². The zero-order valence-electron chi connectivity index (χ0n) is 29.8. The number of imidazole rings is 2.